The van der Waals surface area contributed by atoms with Gasteiger partial charge in [0.15, 0.2) is 16.6 Å². The van der Waals surface area contributed by atoms with Gasteiger partial charge in [-0.05, 0) is 85.2 Å². The van der Waals surface area contributed by atoms with E-state index in [1.54, 1.807) is 38.5 Å². The van der Waals surface area contributed by atoms with Crippen molar-refractivity contribution >= 4 is 29.0 Å². The van der Waals surface area contributed by atoms with Crippen LogP contribution >= 0.6 is 12.2 Å². The van der Waals surface area contributed by atoms with Gasteiger partial charge < -0.3 is 29.2 Å². The van der Waals surface area contributed by atoms with Crippen molar-refractivity contribution in [3.63, 3.8) is 0 Å². The molecule has 0 fully saturated rings. The first kappa shape index (κ1) is 25.3. The average Bonchev–Trinajstić information content (AvgIpc) is 2.91. The summed E-state index contributed by atoms with van der Waals surface area (Å²) in [4.78, 5) is 13.9. The average molecular weight is 507 g/mol. The number of methoxy groups -OCH3 is 3. The molecule has 36 heavy (non-hydrogen) atoms. The SMILES string of the molecule is COC(=O)c1ccc(OC[C@@H]2c3cc(OC)c(OC)cc3CCN2C(=S)Nc2ccc(C)cc2)cc1. The molecule has 1 N–H and O–H groups in total. The zero-order valence-electron chi connectivity index (χ0n) is 20.9. The first-order valence-corrected chi connectivity index (χ1v) is 12.0. The fourth-order valence-electron chi connectivity index (χ4n) is 4.26. The number of carbonyl (C=O) groups is 1. The maximum absolute atomic E-state index is 11.8. The smallest absolute Gasteiger partial charge is 0.337 e. The van der Waals surface area contributed by atoms with E-state index in [-0.39, 0.29) is 12.0 Å². The normalized spacial score (nSPS) is 14.4. The molecule has 3 aromatic rings. The molecule has 1 atom stereocenters. The van der Waals surface area contributed by atoms with E-state index < -0.39 is 0 Å². The Labute approximate surface area is 216 Å². The zero-order chi connectivity index (χ0) is 25.7. The summed E-state index contributed by atoms with van der Waals surface area (Å²) in [6.07, 6.45) is 0.801. The Kier molecular flexibility index (Phi) is 7.95. The maximum Gasteiger partial charge on any atom is 0.337 e. The number of carbonyl (C=O) groups excluding carboxylic acids is 1. The topological polar surface area (TPSA) is 69.3 Å². The van der Waals surface area contributed by atoms with Crippen molar-refractivity contribution in [3.8, 4) is 17.2 Å². The summed E-state index contributed by atoms with van der Waals surface area (Å²) >= 11 is 5.85. The van der Waals surface area contributed by atoms with Crippen molar-refractivity contribution in [1.82, 2.24) is 4.90 Å². The molecular formula is C28H30N2O5S. The predicted octanol–water partition coefficient (Wildman–Crippen LogP) is 5.17. The summed E-state index contributed by atoms with van der Waals surface area (Å²) < 4.78 is 22.1. The van der Waals surface area contributed by atoms with E-state index in [1.165, 1.54) is 12.7 Å². The molecule has 1 aliphatic rings. The first-order valence-electron chi connectivity index (χ1n) is 11.6. The molecule has 1 aliphatic heterocycles. The van der Waals surface area contributed by atoms with E-state index in [2.05, 4.69) is 17.1 Å². The van der Waals surface area contributed by atoms with Gasteiger partial charge in [0.25, 0.3) is 0 Å². The van der Waals surface area contributed by atoms with Gasteiger partial charge in [-0.2, -0.15) is 0 Å². The van der Waals surface area contributed by atoms with Crippen LogP contribution in [-0.2, 0) is 11.2 Å². The lowest BCUT2D eigenvalue weighted by Crippen LogP contribution is -2.44. The van der Waals surface area contributed by atoms with Crippen LogP contribution < -0.4 is 19.5 Å². The number of thiocarbonyl (C=S) groups is 1. The van der Waals surface area contributed by atoms with Gasteiger partial charge in [-0.15, -0.1) is 0 Å². The molecule has 0 aliphatic carbocycles. The van der Waals surface area contributed by atoms with Crippen molar-refractivity contribution in [2.45, 2.75) is 19.4 Å². The van der Waals surface area contributed by atoms with Crippen molar-refractivity contribution < 1.29 is 23.7 Å². The summed E-state index contributed by atoms with van der Waals surface area (Å²) in [5, 5.41) is 3.99. The lowest BCUT2D eigenvalue weighted by atomic mass is 9.92. The fraction of sp³-hybridized carbons (Fsp3) is 0.286. The molecule has 0 amide bonds. The van der Waals surface area contributed by atoms with Crippen molar-refractivity contribution in [1.29, 1.82) is 0 Å². The summed E-state index contributed by atoms with van der Waals surface area (Å²) in [7, 11) is 4.63. The number of ether oxygens (including phenoxy) is 4. The summed E-state index contributed by atoms with van der Waals surface area (Å²) in [6.45, 7) is 3.11. The third-order valence-electron chi connectivity index (χ3n) is 6.25. The molecule has 0 saturated heterocycles. The van der Waals surface area contributed by atoms with Crippen molar-refractivity contribution in [3.05, 3.63) is 82.9 Å². The van der Waals surface area contributed by atoms with Crippen LogP contribution in [0.15, 0.2) is 60.7 Å². The largest absolute Gasteiger partial charge is 0.493 e. The van der Waals surface area contributed by atoms with Gasteiger partial charge in [0.05, 0.1) is 32.9 Å². The van der Waals surface area contributed by atoms with Crippen LogP contribution in [-0.4, -0.2) is 50.5 Å². The molecule has 0 unspecified atom stereocenters. The highest BCUT2D eigenvalue weighted by molar-refractivity contribution is 7.80. The quantitative estimate of drug-likeness (QED) is 0.348. The Bertz CT molecular complexity index is 1230. The number of aryl methyl sites for hydroxylation is 1. The zero-order valence-corrected chi connectivity index (χ0v) is 21.7. The highest BCUT2D eigenvalue weighted by atomic mass is 32.1. The van der Waals surface area contributed by atoms with E-state index in [1.807, 2.05) is 36.4 Å². The van der Waals surface area contributed by atoms with Crippen LogP contribution in [0.2, 0.25) is 0 Å². The number of fused-ring (bicyclic) bond motifs is 1. The highest BCUT2D eigenvalue weighted by Crippen LogP contribution is 2.38. The summed E-state index contributed by atoms with van der Waals surface area (Å²) in [6, 6.07) is 18.9. The Morgan fingerprint density at radius 3 is 2.31 bits per heavy atom. The van der Waals surface area contributed by atoms with Crippen LogP contribution in [0.4, 0.5) is 5.69 Å². The molecule has 0 saturated carbocycles. The molecule has 0 bridgehead atoms. The number of nitrogens with zero attached hydrogens (tertiary/aromatic N) is 1. The van der Waals surface area contributed by atoms with E-state index in [4.69, 9.17) is 31.2 Å². The molecule has 8 heteroatoms. The van der Waals surface area contributed by atoms with Gasteiger partial charge in [0.2, 0.25) is 0 Å². The lowest BCUT2D eigenvalue weighted by molar-refractivity contribution is 0.0600. The molecule has 0 aromatic heterocycles. The predicted molar refractivity (Wildman–Crippen MR) is 143 cm³/mol. The number of rotatable bonds is 7. The van der Waals surface area contributed by atoms with E-state index in [9.17, 15) is 4.79 Å². The molecule has 7 nitrogen and oxygen atoms in total. The minimum absolute atomic E-state index is 0.167. The van der Waals surface area contributed by atoms with Gasteiger partial charge in [0.1, 0.15) is 12.4 Å². The minimum atomic E-state index is -0.387. The molecule has 1 heterocycles. The number of hydrogen-bond acceptors (Lipinski definition) is 6. The second-order valence-electron chi connectivity index (χ2n) is 8.49. The highest BCUT2D eigenvalue weighted by Gasteiger charge is 2.31. The van der Waals surface area contributed by atoms with Gasteiger partial charge in [-0.25, -0.2) is 4.79 Å². The Morgan fingerprint density at radius 1 is 1.00 bits per heavy atom. The fourth-order valence-corrected chi connectivity index (χ4v) is 4.60. The monoisotopic (exact) mass is 506 g/mol. The van der Waals surface area contributed by atoms with Crippen LogP contribution in [0.5, 0.6) is 17.2 Å². The third-order valence-corrected chi connectivity index (χ3v) is 6.59. The molecule has 4 rings (SSSR count). The number of esters is 1. The number of benzene rings is 3. The van der Waals surface area contributed by atoms with E-state index in [0.29, 0.717) is 34.5 Å². The van der Waals surface area contributed by atoms with Gasteiger partial charge >= 0.3 is 5.97 Å². The first-order chi connectivity index (χ1) is 17.4. The summed E-state index contributed by atoms with van der Waals surface area (Å²) in [5.41, 5.74) is 4.82. The standard InChI is InChI=1S/C28H30N2O5S/c1-18-5-9-21(10-6-18)29-28(36)30-14-13-20-15-25(32-2)26(33-3)16-23(20)24(30)17-35-22-11-7-19(8-12-22)27(31)34-4/h5-12,15-16,24H,13-14,17H2,1-4H3,(H,29,36)/t24-/m1/s1. The number of anilines is 1. The minimum Gasteiger partial charge on any atom is -0.493 e. The second-order valence-corrected chi connectivity index (χ2v) is 8.88. The van der Waals surface area contributed by atoms with Crippen LogP contribution in [0.3, 0.4) is 0 Å². The number of hydrogen-bond donors (Lipinski definition) is 1. The lowest BCUT2D eigenvalue weighted by Gasteiger charge is -2.39. The van der Waals surface area contributed by atoms with E-state index >= 15 is 0 Å². The van der Waals surface area contributed by atoms with Crippen molar-refractivity contribution in [2.75, 3.05) is 39.8 Å². The van der Waals surface area contributed by atoms with Crippen molar-refractivity contribution in [2.24, 2.45) is 0 Å². The van der Waals surface area contributed by atoms with Gasteiger partial charge in [-0.3, -0.25) is 0 Å². The van der Waals surface area contributed by atoms with Crippen LogP contribution in [0, 0.1) is 6.92 Å². The van der Waals surface area contributed by atoms with Crippen LogP contribution in [0.1, 0.15) is 33.1 Å². The van der Waals surface area contributed by atoms with Gasteiger partial charge in [0, 0.05) is 12.2 Å². The number of nitrogens with one attached hydrogen (secondary N) is 1. The Hall–Kier alpha value is -3.78. The second kappa shape index (κ2) is 11.3. The summed E-state index contributed by atoms with van der Waals surface area (Å²) in [5.74, 6) is 1.61. The molecular weight excluding hydrogens is 476 g/mol. The Morgan fingerprint density at radius 2 is 1.67 bits per heavy atom. The molecule has 0 spiro atoms. The van der Waals surface area contributed by atoms with Crippen LogP contribution in [0.25, 0.3) is 0 Å². The molecule has 0 radical (unpaired) electrons. The third kappa shape index (κ3) is 5.54. The van der Waals surface area contributed by atoms with E-state index in [0.717, 1.165) is 29.8 Å². The maximum atomic E-state index is 11.8. The molecule has 3 aromatic carbocycles. The van der Waals surface area contributed by atoms with Gasteiger partial charge in [-0.1, -0.05) is 17.7 Å². The Balaban J connectivity index is 1.61. The molecule has 188 valence electrons.